The molecule has 0 spiro atoms. The number of nitrogens with zero attached hydrogens (tertiary/aromatic N) is 3. The van der Waals surface area contributed by atoms with Gasteiger partial charge in [-0.2, -0.15) is 4.39 Å². The molecule has 2 heterocycles. The summed E-state index contributed by atoms with van der Waals surface area (Å²) in [4.78, 5) is 23.3. The van der Waals surface area contributed by atoms with Crippen molar-refractivity contribution in [2.45, 2.75) is 0 Å². The molecule has 0 unspecified atom stereocenters. The maximum absolute atomic E-state index is 15.2. The van der Waals surface area contributed by atoms with Crippen LogP contribution in [0.4, 0.5) is 13.2 Å². The first kappa shape index (κ1) is 26.4. The van der Waals surface area contributed by atoms with Crippen molar-refractivity contribution in [3.05, 3.63) is 59.9 Å². The number of primary amides is 1. The van der Waals surface area contributed by atoms with Crippen LogP contribution in [0.2, 0.25) is 0 Å². The van der Waals surface area contributed by atoms with Crippen molar-refractivity contribution in [3.63, 3.8) is 0 Å². The monoisotopic (exact) mass is 529 g/mol. The molecule has 0 atom stereocenters. The van der Waals surface area contributed by atoms with Crippen LogP contribution in [-0.2, 0) is 0 Å². The van der Waals surface area contributed by atoms with E-state index < -0.39 is 34.8 Å². The summed E-state index contributed by atoms with van der Waals surface area (Å²) in [6, 6.07) is 4.96. The van der Waals surface area contributed by atoms with Crippen molar-refractivity contribution in [1.82, 2.24) is 20.3 Å². The molecule has 0 aliphatic carbocycles. The number of pyridine rings is 1. The topological polar surface area (TPSA) is 131 Å². The fourth-order valence-corrected chi connectivity index (χ4v) is 3.67. The molecular formula is C25H22F3N5O5. The number of methoxy groups -OCH3 is 2. The van der Waals surface area contributed by atoms with E-state index in [1.165, 1.54) is 19.5 Å². The summed E-state index contributed by atoms with van der Waals surface area (Å²) in [6.07, 6.45) is 2.14. The third kappa shape index (κ3) is 5.09. The molecule has 0 aliphatic rings. The number of benzene rings is 2. The number of nitrogens with two attached hydrogens (primary N) is 1. The Balaban J connectivity index is 1.74. The van der Waals surface area contributed by atoms with E-state index in [2.05, 4.69) is 20.3 Å². The van der Waals surface area contributed by atoms with Crippen LogP contribution < -0.4 is 30.0 Å². The third-order valence-electron chi connectivity index (χ3n) is 5.44. The molecule has 0 saturated heterocycles. The molecule has 0 aliphatic heterocycles. The minimum Gasteiger partial charge on any atom is -0.495 e. The number of hydrogen-bond donors (Lipinski definition) is 2. The van der Waals surface area contributed by atoms with E-state index in [-0.39, 0.29) is 22.8 Å². The number of halogens is 3. The number of hydrogen-bond acceptors (Lipinski definition) is 9. The second-order valence-corrected chi connectivity index (χ2v) is 7.76. The average Bonchev–Trinajstić information content (AvgIpc) is 2.89. The molecule has 4 rings (SSSR count). The first-order valence-electron chi connectivity index (χ1n) is 11.1. The van der Waals surface area contributed by atoms with E-state index in [1.54, 1.807) is 13.1 Å². The Bertz CT molecular complexity index is 1500. The molecule has 2 aromatic carbocycles. The summed E-state index contributed by atoms with van der Waals surface area (Å²) in [5.41, 5.74) is 4.79. The Morgan fingerprint density at radius 1 is 0.974 bits per heavy atom. The fourth-order valence-electron chi connectivity index (χ4n) is 3.67. The van der Waals surface area contributed by atoms with Crippen LogP contribution in [0.25, 0.3) is 22.0 Å². The van der Waals surface area contributed by atoms with E-state index in [0.717, 1.165) is 25.4 Å². The van der Waals surface area contributed by atoms with E-state index in [9.17, 15) is 9.18 Å². The van der Waals surface area contributed by atoms with Gasteiger partial charge in [0, 0.05) is 24.4 Å². The second kappa shape index (κ2) is 11.2. The van der Waals surface area contributed by atoms with Crippen molar-refractivity contribution >= 4 is 16.8 Å². The lowest BCUT2D eigenvalue weighted by atomic mass is 10.0. The summed E-state index contributed by atoms with van der Waals surface area (Å²) in [7, 11) is 4.38. The number of amides is 1. The zero-order valence-electron chi connectivity index (χ0n) is 20.5. The van der Waals surface area contributed by atoms with Gasteiger partial charge in [0.1, 0.15) is 24.2 Å². The third-order valence-corrected chi connectivity index (χ3v) is 5.44. The quantitative estimate of drug-likeness (QED) is 0.234. The fraction of sp³-hybridized carbons (Fsp3) is 0.200. The van der Waals surface area contributed by atoms with Crippen LogP contribution in [0.1, 0.15) is 10.4 Å². The van der Waals surface area contributed by atoms with Crippen LogP contribution in [0.15, 0.2) is 36.8 Å². The van der Waals surface area contributed by atoms with Crippen LogP contribution in [0.5, 0.6) is 28.9 Å². The van der Waals surface area contributed by atoms with E-state index in [0.29, 0.717) is 35.6 Å². The molecule has 38 heavy (non-hydrogen) atoms. The molecule has 0 radical (unpaired) electrons. The maximum Gasteiger partial charge on any atom is 0.257 e. The predicted molar refractivity (Wildman–Crippen MR) is 130 cm³/mol. The first-order valence-corrected chi connectivity index (χ1v) is 11.1. The molecule has 0 fully saturated rings. The minimum absolute atomic E-state index is 0.0601. The molecule has 0 saturated carbocycles. The highest BCUT2D eigenvalue weighted by Crippen LogP contribution is 2.40. The average molecular weight is 529 g/mol. The van der Waals surface area contributed by atoms with Crippen molar-refractivity contribution in [1.29, 1.82) is 0 Å². The predicted octanol–water partition coefficient (Wildman–Crippen LogP) is 3.62. The van der Waals surface area contributed by atoms with Gasteiger partial charge in [0.15, 0.2) is 23.1 Å². The first-order chi connectivity index (χ1) is 18.3. The van der Waals surface area contributed by atoms with Gasteiger partial charge in [-0.15, -0.1) is 0 Å². The zero-order chi connectivity index (χ0) is 27.4. The molecule has 10 nitrogen and oxygen atoms in total. The number of fused-ring (bicyclic) bond motifs is 1. The van der Waals surface area contributed by atoms with Crippen LogP contribution in [0, 0.1) is 17.6 Å². The second-order valence-electron chi connectivity index (χ2n) is 7.76. The largest absolute Gasteiger partial charge is 0.495 e. The number of likely N-dealkylation sites (N-methyl/N-ethyl adjacent to an activating group) is 1. The highest BCUT2D eigenvalue weighted by molar-refractivity contribution is 5.98. The van der Waals surface area contributed by atoms with E-state index >= 15 is 8.78 Å². The zero-order valence-corrected chi connectivity index (χ0v) is 20.5. The van der Waals surface area contributed by atoms with Crippen LogP contribution in [0.3, 0.4) is 0 Å². The summed E-state index contributed by atoms with van der Waals surface area (Å²) < 4.78 is 66.0. The number of rotatable bonds is 10. The Kier molecular flexibility index (Phi) is 7.76. The van der Waals surface area contributed by atoms with Gasteiger partial charge in [0.05, 0.1) is 25.1 Å². The standard InChI is InChI=1S/C25H22F3N5O5/c1-30-4-5-37-19-9-17-13(8-18(19)35-2)25(33-11-32-17)38-22-15(26)6-12(7-16(22)27)14-10-31-23(28)20(24(29)34)21(14)36-3/h6-11,30H,4-5H2,1-3H3,(H2,29,34). The van der Waals surface area contributed by atoms with E-state index in [1.807, 2.05) is 0 Å². The van der Waals surface area contributed by atoms with Crippen molar-refractivity contribution in [2.75, 3.05) is 34.4 Å². The van der Waals surface area contributed by atoms with Gasteiger partial charge in [-0.1, -0.05) is 0 Å². The molecule has 4 aromatic rings. The number of aromatic nitrogens is 3. The van der Waals surface area contributed by atoms with Gasteiger partial charge in [0.2, 0.25) is 17.6 Å². The summed E-state index contributed by atoms with van der Waals surface area (Å²) in [5.74, 6) is -5.03. The minimum atomic E-state index is -1.18. The van der Waals surface area contributed by atoms with Crippen molar-refractivity contribution in [2.24, 2.45) is 5.73 Å². The molecule has 1 amide bonds. The highest BCUT2D eigenvalue weighted by Gasteiger charge is 2.24. The van der Waals surface area contributed by atoms with Gasteiger partial charge < -0.3 is 30.0 Å². The Hall–Kier alpha value is -4.65. The smallest absolute Gasteiger partial charge is 0.257 e. The Labute approximate surface area is 214 Å². The van der Waals surface area contributed by atoms with Gasteiger partial charge in [-0.3, -0.25) is 4.79 Å². The molecule has 2 aromatic heterocycles. The maximum atomic E-state index is 15.2. The molecule has 13 heteroatoms. The summed E-state index contributed by atoms with van der Waals surface area (Å²) in [6.45, 7) is 0.961. The van der Waals surface area contributed by atoms with Crippen molar-refractivity contribution < 1.29 is 36.9 Å². The van der Waals surface area contributed by atoms with Crippen LogP contribution in [-0.4, -0.2) is 55.3 Å². The van der Waals surface area contributed by atoms with Gasteiger partial charge in [-0.05, 0) is 30.8 Å². The molecule has 3 N–H and O–H groups in total. The van der Waals surface area contributed by atoms with Crippen molar-refractivity contribution in [3.8, 4) is 40.0 Å². The van der Waals surface area contributed by atoms with Gasteiger partial charge in [-0.25, -0.2) is 23.7 Å². The van der Waals surface area contributed by atoms with Crippen LogP contribution >= 0.6 is 0 Å². The lowest BCUT2D eigenvalue weighted by molar-refractivity contribution is 0.0992. The van der Waals surface area contributed by atoms with E-state index in [4.69, 9.17) is 24.7 Å². The number of nitrogens with one attached hydrogen (secondary N) is 1. The number of carbonyl (C=O) groups excluding carboxylic acids is 1. The lowest BCUT2D eigenvalue weighted by Crippen LogP contribution is -2.16. The Morgan fingerprint density at radius 2 is 1.71 bits per heavy atom. The lowest BCUT2D eigenvalue weighted by Gasteiger charge is -2.15. The molecule has 198 valence electrons. The number of ether oxygens (including phenoxy) is 4. The normalized spacial score (nSPS) is 10.9. The SMILES string of the molecule is CNCCOc1cc2ncnc(Oc3c(F)cc(-c4cnc(F)c(C(N)=O)c4OC)cc3F)c2cc1OC. The van der Waals surface area contributed by atoms with Gasteiger partial charge >= 0.3 is 0 Å². The summed E-state index contributed by atoms with van der Waals surface area (Å²) in [5, 5.41) is 3.27. The van der Waals surface area contributed by atoms with Gasteiger partial charge in [0.25, 0.3) is 5.91 Å². The number of carbonyl (C=O) groups is 1. The molecule has 0 bridgehead atoms. The Morgan fingerprint density at radius 3 is 2.34 bits per heavy atom. The summed E-state index contributed by atoms with van der Waals surface area (Å²) >= 11 is 0. The molecular weight excluding hydrogens is 507 g/mol. The highest BCUT2D eigenvalue weighted by atomic mass is 19.1.